The summed E-state index contributed by atoms with van der Waals surface area (Å²) in [5.74, 6) is -0.933. The van der Waals surface area contributed by atoms with Gasteiger partial charge in [-0.2, -0.15) is 0 Å². The van der Waals surface area contributed by atoms with Gasteiger partial charge in [0.2, 0.25) is 0 Å². The van der Waals surface area contributed by atoms with Crippen molar-refractivity contribution in [2.24, 2.45) is 0 Å². The molecule has 0 fully saturated rings. The van der Waals surface area contributed by atoms with Crippen molar-refractivity contribution >= 4 is 28.6 Å². The summed E-state index contributed by atoms with van der Waals surface area (Å²) >= 11 is 1.91. The van der Waals surface area contributed by atoms with E-state index in [0.717, 1.165) is 12.1 Å². The summed E-state index contributed by atoms with van der Waals surface area (Å²) in [6.07, 6.45) is -4.79. The van der Waals surface area contributed by atoms with Crippen molar-refractivity contribution in [2.75, 3.05) is 7.11 Å². The highest BCUT2D eigenvalue weighted by Crippen LogP contribution is 2.32. The fourth-order valence-corrected chi connectivity index (χ4v) is 2.31. The molecule has 0 aliphatic carbocycles. The molecule has 134 valence electrons. The Balaban J connectivity index is 2.37. The lowest BCUT2D eigenvalue weighted by molar-refractivity contribution is -0.274. The van der Waals surface area contributed by atoms with Gasteiger partial charge in [-0.15, -0.1) is 23.4 Å². The second kappa shape index (κ2) is 7.42. The fraction of sp³-hybridized carbons (Fsp3) is 0.267. The first kappa shape index (κ1) is 19.2. The summed E-state index contributed by atoms with van der Waals surface area (Å²) in [6.45, 7) is 3.19. The summed E-state index contributed by atoms with van der Waals surface area (Å²) < 4.78 is 51.4. The molecule has 0 bridgehead atoms. The molecule has 0 spiro atoms. The molecule has 2 rings (SSSR count). The molecule has 0 aliphatic rings. The zero-order chi connectivity index (χ0) is 18.8. The van der Waals surface area contributed by atoms with Crippen LogP contribution in [0.15, 0.2) is 18.2 Å². The Hall–Kier alpha value is -2.11. The van der Waals surface area contributed by atoms with E-state index in [1.54, 1.807) is 6.92 Å². The predicted molar refractivity (Wildman–Crippen MR) is 88.8 cm³/mol. The van der Waals surface area contributed by atoms with Gasteiger partial charge in [-0.1, -0.05) is 0 Å². The zero-order valence-electron chi connectivity index (χ0n) is 13.3. The van der Waals surface area contributed by atoms with Crippen LogP contribution in [0.1, 0.15) is 21.5 Å². The lowest BCUT2D eigenvalue weighted by Crippen LogP contribution is -2.17. The standard InChI is InChI=1S/C15H12F3IN2O4/c1-7-6-9(25-15(16,17)18)4-5-10(7)24-13-11(14(22)23-3)8(2)12(19)20-21-13/h4-6H,1-3H3. The minimum Gasteiger partial charge on any atom is -0.465 e. The number of hydrogen-bond acceptors (Lipinski definition) is 6. The number of nitrogens with zero attached hydrogens (tertiary/aromatic N) is 2. The zero-order valence-corrected chi connectivity index (χ0v) is 15.4. The van der Waals surface area contributed by atoms with Gasteiger partial charge in [0, 0.05) is 5.56 Å². The quantitative estimate of drug-likeness (QED) is 0.496. The van der Waals surface area contributed by atoms with Crippen LogP contribution in [0.3, 0.4) is 0 Å². The first-order valence-electron chi connectivity index (χ1n) is 6.77. The van der Waals surface area contributed by atoms with Crippen LogP contribution in [0.2, 0.25) is 0 Å². The van der Waals surface area contributed by atoms with Crippen molar-refractivity contribution in [1.82, 2.24) is 10.2 Å². The van der Waals surface area contributed by atoms with E-state index in [1.165, 1.54) is 20.1 Å². The van der Waals surface area contributed by atoms with Crippen LogP contribution in [0.5, 0.6) is 17.4 Å². The highest BCUT2D eigenvalue weighted by Gasteiger charge is 2.31. The molecule has 0 saturated carbocycles. The van der Waals surface area contributed by atoms with Crippen LogP contribution in [0, 0.1) is 17.5 Å². The van der Waals surface area contributed by atoms with Crippen LogP contribution in [-0.2, 0) is 4.74 Å². The molecule has 2 aromatic rings. The molecule has 6 nitrogen and oxygen atoms in total. The van der Waals surface area contributed by atoms with Crippen molar-refractivity contribution in [1.29, 1.82) is 0 Å². The number of carbonyl (C=O) groups excluding carboxylic acids is 1. The van der Waals surface area contributed by atoms with Crippen LogP contribution < -0.4 is 9.47 Å². The average molecular weight is 468 g/mol. The molecule has 0 aliphatic heterocycles. The molecule has 0 atom stereocenters. The maximum absolute atomic E-state index is 12.3. The molecule has 25 heavy (non-hydrogen) atoms. The number of rotatable bonds is 4. The lowest BCUT2D eigenvalue weighted by atomic mass is 10.2. The Kier molecular flexibility index (Phi) is 5.70. The molecule has 0 radical (unpaired) electrons. The van der Waals surface area contributed by atoms with E-state index in [4.69, 9.17) is 9.47 Å². The van der Waals surface area contributed by atoms with E-state index in [9.17, 15) is 18.0 Å². The van der Waals surface area contributed by atoms with Gasteiger partial charge in [0.15, 0.2) is 0 Å². The highest BCUT2D eigenvalue weighted by atomic mass is 127. The molecular formula is C15H12F3IN2O4. The first-order chi connectivity index (χ1) is 11.6. The highest BCUT2D eigenvalue weighted by molar-refractivity contribution is 14.1. The van der Waals surface area contributed by atoms with Crippen molar-refractivity contribution < 1.29 is 32.2 Å². The normalized spacial score (nSPS) is 11.2. The number of halogens is 4. The topological polar surface area (TPSA) is 70.5 Å². The van der Waals surface area contributed by atoms with E-state index < -0.39 is 12.3 Å². The minimum atomic E-state index is -4.79. The van der Waals surface area contributed by atoms with Gasteiger partial charge in [-0.3, -0.25) is 0 Å². The van der Waals surface area contributed by atoms with Gasteiger partial charge in [-0.25, -0.2) is 4.79 Å². The Morgan fingerprint density at radius 2 is 1.88 bits per heavy atom. The van der Waals surface area contributed by atoms with Crippen LogP contribution >= 0.6 is 22.6 Å². The van der Waals surface area contributed by atoms with Crippen LogP contribution in [-0.4, -0.2) is 29.6 Å². The molecule has 0 saturated heterocycles. The van der Waals surface area contributed by atoms with Crippen molar-refractivity contribution in [2.45, 2.75) is 20.2 Å². The summed E-state index contributed by atoms with van der Waals surface area (Å²) in [6, 6.07) is 3.54. The van der Waals surface area contributed by atoms with Gasteiger partial charge >= 0.3 is 12.3 Å². The third-order valence-corrected chi connectivity index (χ3v) is 4.13. The molecule has 1 aromatic carbocycles. The molecule has 0 unspecified atom stereocenters. The van der Waals surface area contributed by atoms with E-state index in [2.05, 4.69) is 14.9 Å². The Labute approximate surface area is 154 Å². The van der Waals surface area contributed by atoms with E-state index >= 15 is 0 Å². The number of aryl methyl sites for hydroxylation is 1. The maximum Gasteiger partial charge on any atom is 0.573 e. The number of methoxy groups -OCH3 is 1. The number of esters is 1. The predicted octanol–water partition coefficient (Wildman–Crippen LogP) is 4.18. The molecule has 1 heterocycles. The SMILES string of the molecule is COC(=O)c1c(Oc2ccc(OC(F)(F)F)cc2C)nnc(I)c1C. The largest absolute Gasteiger partial charge is 0.573 e. The van der Waals surface area contributed by atoms with Gasteiger partial charge in [0.1, 0.15) is 20.8 Å². The molecule has 10 heteroatoms. The van der Waals surface area contributed by atoms with Crippen molar-refractivity contribution in [3.8, 4) is 17.4 Å². The first-order valence-corrected chi connectivity index (χ1v) is 7.85. The smallest absolute Gasteiger partial charge is 0.465 e. The van der Waals surface area contributed by atoms with E-state index in [-0.39, 0.29) is 22.9 Å². The van der Waals surface area contributed by atoms with Gasteiger partial charge in [-0.05, 0) is 60.2 Å². The van der Waals surface area contributed by atoms with Gasteiger partial charge in [0.25, 0.3) is 5.88 Å². The second-order valence-corrected chi connectivity index (χ2v) is 5.89. The number of aromatic nitrogens is 2. The third kappa shape index (κ3) is 4.71. The lowest BCUT2D eigenvalue weighted by Gasteiger charge is -2.14. The van der Waals surface area contributed by atoms with Gasteiger partial charge < -0.3 is 14.2 Å². The van der Waals surface area contributed by atoms with Crippen LogP contribution in [0.25, 0.3) is 0 Å². The number of alkyl halides is 3. The number of carbonyl (C=O) groups is 1. The monoisotopic (exact) mass is 468 g/mol. The molecule has 0 amide bonds. The Bertz CT molecular complexity index is 812. The number of ether oxygens (including phenoxy) is 3. The van der Waals surface area contributed by atoms with Crippen molar-refractivity contribution in [3.63, 3.8) is 0 Å². The van der Waals surface area contributed by atoms with E-state index in [0.29, 0.717) is 14.8 Å². The summed E-state index contributed by atoms with van der Waals surface area (Å²) in [5.41, 5.74) is 0.972. The summed E-state index contributed by atoms with van der Waals surface area (Å²) in [4.78, 5) is 12.0. The summed E-state index contributed by atoms with van der Waals surface area (Å²) in [5, 5.41) is 7.71. The minimum absolute atomic E-state index is 0.0944. The van der Waals surface area contributed by atoms with Crippen LogP contribution in [0.4, 0.5) is 13.2 Å². The number of benzene rings is 1. The summed E-state index contributed by atoms with van der Waals surface area (Å²) in [7, 11) is 1.22. The molecule has 0 N–H and O–H groups in total. The average Bonchev–Trinajstić information content (AvgIpc) is 2.51. The maximum atomic E-state index is 12.3. The fourth-order valence-electron chi connectivity index (χ4n) is 1.93. The molecular weight excluding hydrogens is 456 g/mol. The van der Waals surface area contributed by atoms with Gasteiger partial charge in [0.05, 0.1) is 7.11 Å². The second-order valence-electron chi connectivity index (χ2n) is 4.86. The third-order valence-electron chi connectivity index (χ3n) is 3.10. The Morgan fingerprint density at radius 1 is 1.20 bits per heavy atom. The Morgan fingerprint density at radius 3 is 2.44 bits per heavy atom. The molecule has 1 aromatic heterocycles. The van der Waals surface area contributed by atoms with E-state index in [1.807, 2.05) is 22.6 Å². The number of hydrogen-bond donors (Lipinski definition) is 0. The van der Waals surface area contributed by atoms with Crippen molar-refractivity contribution in [3.05, 3.63) is 38.6 Å².